The van der Waals surface area contributed by atoms with Crippen LogP contribution in [0.15, 0.2) is 53.0 Å². The summed E-state index contributed by atoms with van der Waals surface area (Å²) in [5.41, 5.74) is 2.42. The third-order valence-corrected chi connectivity index (χ3v) is 3.71. The minimum absolute atomic E-state index is 0.0277. The van der Waals surface area contributed by atoms with Crippen LogP contribution in [-0.4, -0.2) is 18.4 Å². The zero-order valence-electron chi connectivity index (χ0n) is 12.5. The first-order valence-electron chi connectivity index (χ1n) is 6.86. The highest BCUT2D eigenvalue weighted by atomic mass is 79.9. The second-order valence-electron chi connectivity index (χ2n) is 4.95. The van der Waals surface area contributed by atoms with Crippen molar-refractivity contribution < 1.29 is 9.59 Å². The second-order valence-corrected chi connectivity index (χ2v) is 5.86. The van der Waals surface area contributed by atoms with Gasteiger partial charge in [-0.2, -0.15) is 0 Å². The maximum atomic E-state index is 12.2. The van der Waals surface area contributed by atoms with Gasteiger partial charge in [0.2, 0.25) is 11.8 Å². The number of carbonyl (C=O) groups is 2. The van der Waals surface area contributed by atoms with Crippen molar-refractivity contribution in [2.75, 3.05) is 16.8 Å². The summed E-state index contributed by atoms with van der Waals surface area (Å²) in [6.07, 6.45) is 0. The normalized spacial score (nSPS) is 10.1. The standard InChI is InChI=1S/C17H17BrN2O2/c1-12-6-3-4-9-16(12)19-17(22)11-20(13(2)21)15-8-5-7-14(18)10-15/h3-10H,11H2,1-2H3,(H,19,22). The van der Waals surface area contributed by atoms with Gasteiger partial charge in [0, 0.05) is 22.8 Å². The molecule has 0 radical (unpaired) electrons. The van der Waals surface area contributed by atoms with E-state index >= 15 is 0 Å². The predicted octanol–water partition coefficient (Wildman–Crippen LogP) is 3.75. The lowest BCUT2D eigenvalue weighted by molar-refractivity contribution is -0.120. The van der Waals surface area contributed by atoms with Crippen molar-refractivity contribution >= 4 is 39.1 Å². The van der Waals surface area contributed by atoms with E-state index in [1.54, 1.807) is 6.07 Å². The highest BCUT2D eigenvalue weighted by Crippen LogP contribution is 2.20. The Bertz CT molecular complexity index is 701. The largest absolute Gasteiger partial charge is 0.324 e. The molecule has 2 aromatic carbocycles. The Hall–Kier alpha value is -2.14. The van der Waals surface area contributed by atoms with Crippen LogP contribution in [0.5, 0.6) is 0 Å². The molecule has 0 unspecified atom stereocenters. The number of carbonyl (C=O) groups excluding carboxylic acids is 2. The molecule has 0 fully saturated rings. The summed E-state index contributed by atoms with van der Waals surface area (Å²) in [7, 11) is 0. The molecular weight excluding hydrogens is 344 g/mol. The lowest BCUT2D eigenvalue weighted by Gasteiger charge is -2.21. The summed E-state index contributed by atoms with van der Waals surface area (Å²) in [4.78, 5) is 25.5. The zero-order valence-corrected chi connectivity index (χ0v) is 14.1. The maximum absolute atomic E-state index is 12.2. The molecule has 5 heteroatoms. The quantitative estimate of drug-likeness (QED) is 0.902. The van der Waals surface area contributed by atoms with Crippen LogP contribution in [0.4, 0.5) is 11.4 Å². The average molecular weight is 361 g/mol. The monoisotopic (exact) mass is 360 g/mol. The van der Waals surface area contributed by atoms with Gasteiger partial charge >= 0.3 is 0 Å². The molecule has 0 saturated carbocycles. The third kappa shape index (κ3) is 4.18. The Morgan fingerprint density at radius 1 is 1.14 bits per heavy atom. The van der Waals surface area contributed by atoms with Gasteiger partial charge in [-0.15, -0.1) is 0 Å². The van der Waals surface area contributed by atoms with Crippen LogP contribution in [0.1, 0.15) is 12.5 Å². The van der Waals surface area contributed by atoms with E-state index in [1.807, 2.05) is 49.4 Å². The molecular formula is C17H17BrN2O2. The number of nitrogens with zero attached hydrogens (tertiary/aromatic N) is 1. The van der Waals surface area contributed by atoms with Gasteiger partial charge in [-0.25, -0.2) is 0 Å². The number of benzene rings is 2. The first kappa shape index (κ1) is 16.2. The SMILES string of the molecule is CC(=O)N(CC(=O)Nc1ccccc1C)c1cccc(Br)c1. The first-order chi connectivity index (χ1) is 10.5. The number of aryl methyl sites for hydroxylation is 1. The van der Waals surface area contributed by atoms with Crippen LogP contribution >= 0.6 is 15.9 Å². The summed E-state index contributed by atoms with van der Waals surface area (Å²) in [5, 5.41) is 2.84. The molecule has 0 aliphatic rings. The fourth-order valence-electron chi connectivity index (χ4n) is 2.07. The van der Waals surface area contributed by atoms with Gasteiger partial charge in [0.15, 0.2) is 0 Å². The number of nitrogens with one attached hydrogen (secondary N) is 1. The molecule has 2 rings (SSSR count). The van der Waals surface area contributed by atoms with Crippen molar-refractivity contribution in [1.29, 1.82) is 0 Å². The fraction of sp³-hybridized carbons (Fsp3) is 0.176. The molecule has 0 atom stereocenters. The van der Waals surface area contributed by atoms with Gasteiger partial charge < -0.3 is 10.2 Å². The maximum Gasteiger partial charge on any atom is 0.244 e. The summed E-state index contributed by atoms with van der Waals surface area (Å²) in [6.45, 7) is 3.34. The number of anilines is 2. The molecule has 114 valence electrons. The Morgan fingerprint density at radius 2 is 1.86 bits per heavy atom. The molecule has 2 amide bonds. The molecule has 0 saturated heterocycles. The van der Waals surface area contributed by atoms with E-state index in [0.717, 1.165) is 15.7 Å². The van der Waals surface area contributed by atoms with Crippen LogP contribution in [0.25, 0.3) is 0 Å². The molecule has 0 bridgehead atoms. The molecule has 22 heavy (non-hydrogen) atoms. The van der Waals surface area contributed by atoms with Gasteiger partial charge in [0.1, 0.15) is 6.54 Å². The summed E-state index contributed by atoms with van der Waals surface area (Å²) < 4.78 is 0.857. The van der Waals surface area contributed by atoms with Crippen molar-refractivity contribution in [3.63, 3.8) is 0 Å². The average Bonchev–Trinajstić information content (AvgIpc) is 2.47. The van der Waals surface area contributed by atoms with Gasteiger partial charge in [-0.3, -0.25) is 9.59 Å². The van der Waals surface area contributed by atoms with Gasteiger partial charge in [-0.1, -0.05) is 40.2 Å². The minimum atomic E-state index is -0.232. The Labute approximate surface area is 138 Å². The fourth-order valence-corrected chi connectivity index (χ4v) is 2.46. The minimum Gasteiger partial charge on any atom is -0.324 e. The Balaban J connectivity index is 2.13. The van der Waals surface area contributed by atoms with E-state index < -0.39 is 0 Å². The topological polar surface area (TPSA) is 49.4 Å². The zero-order chi connectivity index (χ0) is 16.1. The number of amides is 2. The molecule has 0 aliphatic heterocycles. The number of hydrogen-bond acceptors (Lipinski definition) is 2. The van der Waals surface area contributed by atoms with Crippen LogP contribution in [0, 0.1) is 6.92 Å². The molecule has 0 aromatic heterocycles. The Kier molecular flexibility index (Phi) is 5.33. The van der Waals surface area contributed by atoms with E-state index in [4.69, 9.17) is 0 Å². The van der Waals surface area contributed by atoms with E-state index in [2.05, 4.69) is 21.2 Å². The van der Waals surface area contributed by atoms with E-state index in [-0.39, 0.29) is 18.4 Å². The van der Waals surface area contributed by atoms with Crippen molar-refractivity contribution in [1.82, 2.24) is 0 Å². The third-order valence-electron chi connectivity index (χ3n) is 3.22. The molecule has 2 aromatic rings. The van der Waals surface area contributed by atoms with Gasteiger partial charge in [-0.05, 0) is 36.8 Å². The van der Waals surface area contributed by atoms with Crippen LogP contribution in [-0.2, 0) is 9.59 Å². The highest BCUT2D eigenvalue weighted by Gasteiger charge is 2.16. The number of rotatable bonds is 4. The first-order valence-corrected chi connectivity index (χ1v) is 7.66. The van der Waals surface area contributed by atoms with Crippen molar-refractivity contribution in [3.8, 4) is 0 Å². The van der Waals surface area contributed by atoms with Crippen LogP contribution in [0.2, 0.25) is 0 Å². The second kappa shape index (κ2) is 7.22. The number of halogens is 1. The van der Waals surface area contributed by atoms with E-state index in [9.17, 15) is 9.59 Å². The smallest absolute Gasteiger partial charge is 0.244 e. The van der Waals surface area contributed by atoms with Gasteiger partial charge in [0.25, 0.3) is 0 Å². The summed E-state index contributed by atoms with van der Waals surface area (Å²) in [5.74, 6) is -0.414. The van der Waals surface area contributed by atoms with Crippen molar-refractivity contribution in [3.05, 3.63) is 58.6 Å². The predicted molar refractivity (Wildman–Crippen MR) is 92.0 cm³/mol. The molecule has 4 nitrogen and oxygen atoms in total. The summed E-state index contributed by atoms with van der Waals surface area (Å²) >= 11 is 3.37. The van der Waals surface area contributed by atoms with E-state index in [0.29, 0.717) is 5.69 Å². The lowest BCUT2D eigenvalue weighted by atomic mass is 10.2. The lowest BCUT2D eigenvalue weighted by Crippen LogP contribution is -2.36. The summed E-state index contributed by atoms with van der Waals surface area (Å²) in [6, 6.07) is 14.8. The Morgan fingerprint density at radius 3 is 2.50 bits per heavy atom. The van der Waals surface area contributed by atoms with Crippen LogP contribution < -0.4 is 10.2 Å². The molecule has 1 N–H and O–H groups in total. The molecule has 0 heterocycles. The van der Waals surface area contributed by atoms with Gasteiger partial charge in [0.05, 0.1) is 0 Å². The highest BCUT2D eigenvalue weighted by molar-refractivity contribution is 9.10. The molecule has 0 aliphatic carbocycles. The number of hydrogen-bond donors (Lipinski definition) is 1. The number of para-hydroxylation sites is 1. The van der Waals surface area contributed by atoms with Crippen molar-refractivity contribution in [2.24, 2.45) is 0 Å². The molecule has 0 spiro atoms. The van der Waals surface area contributed by atoms with Crippen LogP contribution in [0.3, 0.4) is 0 Å². The van der Waals surface area contributed by atoms with E-state index in [1.165, 1.54) is 11.8 Å². The van der Waals surface area contributed by atoms with Crippen molar-refractivity contribution in [2.45, 2.75) is 13.8 Å².